The number of halogens is 2. The fraction of sp³-hybridized carbons (Fsp3) is 0.231. The second kappa shape index (κ2) is 4.87. The van der Waals surface area contributed by atoms with Gasteiger partial charge in [-0.1, -0.05) is 30.1 Å². The molecule has 0 bridgehead atoms. The van der Waals surface area contributed by atoms with Crippen molar-refractivity contribution in [3.63, 3.8) is 0 Å². The number of ether oxygens (including phenoxy) is 2. The minimum Gasteiger partial charge on any atom is -0.454 e. The van der Waals surface area contributed by atoms with E-state index >= 15 is 0 Å². The Morgan fingerprint density at radius 1 is 1.11 bits per heavy atom. The Bertz CT molecular complexity index is 624. The van der Waals surface area contributed by atoms with Crippen molar-refractivity contribution in [3.05, 3.63) is 34.1 Å². The van der Waals surface area contributed by atoms with Gasteiger partial charge < -0.3 is 9.47 Å². The van der Waals surface area contributed by atoms with Gasteiger partial charge in [0.1, 0.15) is 10.3 Å². The Hall–Kier alpha value is -1.52. The molecule has 0 atom stereocenters. The molecule has 0 saturated carbocycles. The lowest BCUT2D eigenvalue weighted by atomic mass is 10.2. The topological polar surface area (TPSA) is 44.2 Å². The molecule has 2 heterocycles. The molecule has 1 aromatic carbocycles. The van der Waals surface area contributed by atoms with Crippen molar-refractivity contribution in [3.8, 4) is 22.9 Å². The number of hydrogen-bond donors (Lipinski definition) is 0. The Kier molecular flexibility index (Phi) is 3.21. The summed E-state index contributed by atoms with van der Waals surface area (Å²) in [4.78, 5) is 8.55. The highest BCUT2D eigenvalue weighted by atomic mass is 35.5. The molecule has 2 aromatic rings. The molecule has 0 fully saturated rings. The summed E-state index contributed by atoms with van der Waals surface area (Å²) in [6.07, 6.45) is 0.694. The van der Waals surface area contributed by atoms with Crippen molar-refractivity contribution in [1.29, 1.82) is 0 Å². The van der Waals surface area contributed by atoms with E-state index in [4.69, 9.17) is 32.7 Å². The molecule has 1 aliphatic rings. The molecule has 0 amide bonds. The number of aromatic nitrogens is 2. The molecule has 1 aromatic heterocycles. The largest absolute Gasteiger partial charge is 0.454 e. The van der Waals surface area contributed by atoms with E-state index in [-0.39, 0.29) is 6.79 Å². The van der Waals surface area contributed by atoms with Crippen LogP contribution in [0.15, 0.2) is 18.2 Å². The van der Waals surface area contributed by atoms with Gasteiger partial charge in [0.05, 0.1) is 0 Å². The average molecular weight is 297 g/mol. The number of benzene rings is 1. The van der Waals surface area contributed by atoms with Gasteiger partial charge >= 0.3 is 0 Å². The van der Waals surface area contributed by atoms with E-state index in [0.717, 1.165) is 11.1 Å². The highest BCUT2D eigenvalue weighted by Gasteiger charge is 2.16. The van der Waals surface area contributed by atoms with E-state index in [1.54, 1.807) is 0 Å². The van der Waals surface area contributed by atoms with Crippen LogP contribution in [0.5, 0.6) is 11.5 Å². The van der Waals surface area contributed by atoms with Gasteiger partial charge in [0.2, 0.25) is 6.79 Å². The summed E-state index contributed by atoms with van der Waals surface area (Å²) in [6.45, 7) is 2.19. The molecular formula is C13H10Cl2N2O2. The first kappa shape index (κ1) is 12.5. The SMILES string of the molecule is CCc1c(Cl)nc(-c2ccc3c(c2)OCO3)nc1Cl. The number of hydrogen-bond acceptors (Lipinski definition) is 4. The lowest BCUT2D eigenvalue weighted by Gasteiger charge is -2.07. The second-order valence-corrected chi connectivity index (χ2v) is 4.75. The van der Waals surface area contributed by atoms with Crippen LogP contribution in [0, 0.1) is 0 Å². The first-order valence-electron chi connectivity index (χ1n) is 5.81. The summed E-state index contributed by atoms with van der Waals surface area (Å²) in [5.74, 6) is 1.87. The van der Waals surface area contributed by atoms with E-state index in [1.807, 2.05) is 25.1 Å². The molecule has 0 saturated heterocycles. The zero-order valence-corrected chi connectivity index (χ0v) is 11.6. The monoisotopic (exact) mass is 296 g/mol. The third-order valence-corrected chi connectivity index (χ3v) is 3.52. The Balaban J connectivity index is 2.07. The van der Waals surface area contributed by atoms with Crippen molar-refractivity contribution in [2.24, 2.45) is 0 Å². The van der Waals surface area contributed by atoms with Gasteiger partial charge in [0.25, 0.3) is 0 Å². The Morgan fingerprint density at radius 2 is 1.79 bits per heavy atom. The van der Waals surface area contributed by atoms with Gasteiger partial charge in [-0.15, -0.1) is 0 Å². The molecule has 0 aliphatic carbocycles. The van der Waals surface area contributed by atoms with E-state index in [1.165, 1.54) is 0 Å². The molecule has 19 heavy (non-hydrogen) atoms. The van der Waals surface area contributed by atoms with Crippen molar-refractivity contribution >= 4 is 23.2 Å². The smallest absolute Gasteiger partial charge is 0.231 e. The molecule has 0 spiro atoms. The number of rotatable bonds is 2. The normalized spacial score (nSPS) is 12.8. The standard InChI is InChI=1S/C13H10Cl2N2O2/c1-2-8-11(14)16-13(17-12(8)15)7-3-4-9-10(5-7)19-6-18-9/h3-5H,2,6H2,1H3. The van der Waals surface area contributed by atoms with Gasteiger partial charge in [-0.05, 0) is 24.6 Å². The van der Waals surface area contributed by atoms with Crippen molar-refractivity contribution in [2.75, 3.05) is 6.79 Å². The van der Waals surface area contributed by atoms with Gasteiger partial charge in [0.15, 0.2) is 17.3 Å². The number of nitrogens with zero attached hydrogens (tertiary/aromatic N) is 2. The van der Waals surface area contributed by atoms with Crippen molar-refractivity contribution in [2.45, 2.75) is 13.3 Å². The molecule has 1 aliphatic heterocycles. The molecule has 0 N–H and O–H groups in total. The van der Waals surface area contributed by atoms with Crippen LogP contribution in [0.1, 0.15) is 12.5 Å². The van der Waals surface area contributed by atoms with E-state index < -0.39 is 0 Å². The molecule has 3 rings (SSSR count). The van der Waals surface area contributed by atoms with Crippen LogP contribution in [-0.2, 0) is 6.42 Å². The van der Waals surface area contributed by atoms with Gasteiger partial charge in [0, 0.05) is 11.1 Å². The first-order valence-corrected chi connectivity index (χ1v) is 6.56. The summed E-state index contributed by atoms with van der Waals surface area (Å²) in [5, 5.41) is 0.769. The lowest BCUT2D eigenvalue weighted by Crippen LogP contribution is -1.96. The molecule has 0 unspecified atom stereocenters. The first-order chi connectivity index (χ1) is 9.19. The summed E-state index contributed by atoms with van der Waals surface area (Å²) in [5.41, 5.74) is 1.54. The predicted molar refractivity (Wildman–Crippen MR) is 73.0 cm³/mol. The summed E-state index contributed by atoms with van der Waals surface area (Å²) in [7, 11) is 0. The maximum absolute atomic E-state index is 6.11. The van der Waals surface area contributed by atoms with Crippen LogP contribution in [0.3, 0.4) is 0 Å². The fourth-order valence-electron chi connectivity index (χ4n) is 1.89. The third kappa shape index (κ3) is 2.22. The van der Waals surface area contributed by atoms with E-state index in [2.05, 4.69) is 9.97 Å². The summed E-state index contributed by atoms with van der Waals surface area (Å²) >= 11 is 12.2. The fourth-order valence-corrected chi connectivity index (χ4v) is 2.54. The van der Waals surface area contributed by atoms with Crippen LogP contribution in [-0.4, -0.2) is 16.8 Å². The van der Waals surface area contributed by atoms with Crippen LogP contribution >= 0.6 is 23.2 Å². The van der Waals surface area contributed by atoms with Gasteiger partial charge in [-0.25, -0.2) is 9.97 Å². The van der Waals surface area contributed by atoms with E-state index in [0.29, 0.717) is 34.1 Å². The molecule has 6 heteroatoms. The lowest BCUT2D eigenvalue weighted by molar-refractivity contribution is 0.174. The summed E-state index contributed by atoms with van der Waals surface area (Å²) in [6, 6.07) is 5.48. The van der Waals surface area contributed by atoms with Crippen molar-refractivity contribution < 1.29 is 9.47 Å². The quantitative estimate of drug-likeness (QED) is 0.792. The third-order valence-electron chi connectivity index (χ3n) is 2.89. The highest BCUT2D eigenvalue weighted by molar-refractivity contribution is 6.34. The Morgan fingerprint density at radius 3 is 2.47 bits per heavy atom. The van der Waals surface area contributed by atoms with Gasteiger partial charge in [-0.3, -0.25) is 0 Å². The van der Waals surface area contributed by atoms with Crippen LogP contribution in [0.25, 0.3) is 11.4 Å². The Labute approximate surface area is 120 Å². The second-order valence-electron chi connectivity index (χ2n) is 4.03. The zero-order chi connectivity index (χ0) is 13.4. The minimum atomic E-state index is 0.232. The minimum absolute atomic E-state index is 0.232. The number of fused-ring (bicyclic) bond motifs is 1. The molecular weight excluding hydrogens is 287 g/mol. The maximum atomic E-state index is 6.11. The predicted octanol–water partition coefficient (Wildman–Crippen LogP) is 3.74. The van der Waals surface area contributed by atoms with Crippen LogP contribution in [0.4, 0.5) is 0 Å². The highest BCUT2D eigenvalue weighted by Crippen LogP contribution is 2.36. The van der Waals surface area contributed by atoms with E-state index in [9.17, 15) is 0 Å². The molecule has 98 valence electrons. The average Bonchev–Trinajstić information content (AvgIpc) is 2.85. The van der Waals surface area contributed by atoms with Crippen LogP contribution in [0.2, 0.25) is 10.3 Å². The van der Waals surface area contributed by atoms with Crippen molar-refractivity contribution in [1.82, 2.24) is 9.97 Å². The molecule has 4 nitrogen and oxygen atoms in total. The van der Waals surface area contributed by atoms with Gasteiger partial charge in [-0.2, -0.15) is 0 Å². The van der Waals surface area contributed by atoms with Crippen LogP contribution < -0.4 is 9.47 Å². The molecule has 0 radical (unpaired) electrons. The zero-order valence-electron chi connectivity index (χ0n) is 10.1. The summed E-state index contributed by atoms with van der Waals surface area (Å²) < 4.78 is 10.6. The maximum Gasteiger partial charge on any atom is 0.231 e.